The normalized spacial score (nSPS) is 21.4. The number of amides is 1. The number of nitrogens with two attached hydrogens (primary N) is 1. The number of nitrogens with one attached hydrogen (secondary N) is 1. The van der Waals surface area contributed by atoms with Crippen LogP contribution in [0.25, 0.3) is 0 Å². The van der Waals surface area contributed by atoms with E-state index in [1.165, 1.54) is 12.1 Å². The fourth-order valence-electron chi connectivity index (χ4n) is 2.66. The van der Waals surface area contributed by atoms with Crippen molar-refractivity contribution in [3.05, 3.63) is 34.1 Å². The van der Waals surface area contributed by atoms with Gasteiger partial charge in [0.05, 0.1) is 0 Å². The Morgan fingerprint density at radius 1 is 1.45 bits per heavy atom. The minimum atomic E-state index is -0.298. The molecule has 20 heavy (non-hydrogen) atoms. The lowest BCUT2D eigenvalue weighted by molar-refractivity contribution is -0.126. The third kappa shape index (κ3) is 4.17. The maximum atomic E-state index is 13.1. The average molecular weight is 366 g/mol. The largest absolute Gasteiger partial charge is 0.352 e. The van der Waals surface area contributed by atoms with E-state index in [1.807, 2.05) is 0 Å². The Balaban J connectivity index is 0.00000200. The molecule has 0 heterocycles. The van der Waals surface area contributed by atoms with Gasteiger partial charge in [0.25, 0.3) is 0 Å². The van der Waals surface area contributed by atoms with Crippen LogP contribution in [0.2, 0.25) is 0 Å². The van der Waals surface area contributed by atoms with Gasteiger partial charge in [-0.15, -0.1) is 12.4 Å². The SMILES string of the molecule is Cl.NC[C@H]1CCC[C@H]1C(=O)NCc1cc(F)ccc1Br. The highest BCUT2D eigenvalue weighted by atomic mass is 79.9. The lowest BCUT2D eigenvalue weighted by Gasteiger charge is -2.17. The Kier molecular flexibility index (Phi) is 6.92. The molecule has 112 valence electrons. The van der Waals surface area contributed by atoms with Crippen molar-refractivity contribution in [2.24, 2.45) is 17.6 Å². The molecule has 1 fully saturated rings. The standard InChI is InChI=1S/C14H18BrFN2O.ClH/c15-13-5-4-11(16)6-10(13)8-18-14(19)12-3-1-2-9(12)7-17;/h4-6,9,12H,1-3,7-8,17H2,(H,18,19);1H/t9-,12-;/m1./s1. The summed E-state index contributed by atoms with van der Waals surface area (Å²) in [6, 6.07) is 4.46. The van der Waals surface area contributed by atoms with Gasteiger partial charge in [0, 0.05) is 16.9 Å². The lowest BCUT2D eigenvalue weighted by atomic mass is 9.95. The molecule has 0 saturated heterocycles. The molecule has 1 amide bonds. The van der Waals surface area contributed by atoms with E-state index in [0.29, 0.717) is 13.1 Å². The molecule has 0 radical (unpaired) electrons. The fourth-order valence-corrected chi connectivity index (χ4v) is 3.04. The van der Waals surface area contributed by atoms with Crippen LogP contribution in [0.1, 0.15) is 24.8 Å². The molecule has 1 saturated carbocycles. The molecule has 1 aliphatic rings. The molecule has 3 nitrogen and oxygen atoms in total. The van der Waals surface area contributed by atoms with E-state index >= 15 is 0 Å². The van der Waals surface area contributed by atoms with Crippen molar-refractivity contribution in [2.45, 2.75) is 25.8 Å². The van der Waals surface area contributed by atoms with Gasteiger partial charge in [0.2, 0.25) is 5.91 Å². The van der Waals surface area contributed by atoms with E-state index in [9.17, 15) is 9.18 Å². The number of rotatable bonds is 4. The number of halogens is 3. The summed E-state index contributed by atoms with van der Waals surface area (Å²) < 4.78 is 13.9. The summed E-state index contributed by atoms with van der Waals surface area (Å²) in [6.07, 6.45) is 2.99. The highest BCUT2D eigenvalue weighted by molar-refractivity contribution is 9.10. The highest BCUT2D eigenvalue weighted by Crippen LogP contribution is 2.31. The molecule has 2 atom stereocenters. The van der Waals surface area contributed by atoms with Gasteiger partial charge in [-0.2, -0.15) is 0 Å². The van der Waals surface area contributed by atoms with Crippen LogP contribution in [-0.2, 0) is 11.3 Å². The van der Waals surface area contributed by atoms with Crippen molar-refractivity contribution in [3.8, 4) is 0 Å². The molecule has 1 aromatic rings. The minimum absolute atomic E-state index is 0. The summed E-state index contributed by atoms with van der Waals surface area (Å²) in [7, 11) is 0. The summed E-state index contributed by atoms with van der Waals surface area (Å²) in [4.78, 5) is 12.1. The second kappa shape index (κ2) is 7.96. The molecule has 6 heteroatoms. The van der Waals surface area contributed by atoms with Crippen LogP contribution in [-0.4, -0.2) is 12.5 Å². The van der Waals surface area contributed by atoms with E-state index in [1.54, 1.807) is 6.07 Å². The molecule has 0 aliphatic heterocycles. The third-order valence-electron chi connectivity index (χ3n) is 3.76. The smallest absolute Gasteiger partial charge is 0.223 e. The van der Waals surface area contributed by atoms with E-state index in [4.69, 9.17) is 5.73 Å². The van der Waals surface area contributed by atoms with Crippen LogP contribution in [0.4, 0.5) is 4.39 Å². The molecule has 2 rings (SSSR count). The topological polar surface area (TPSA) is 55.1 Å². The number of benzene rings is 1. The maximum absolute atomic E-state index is 13.1. The van der Waals surface area contributed by atoms with Crippen LogP contribution in [0.3, 0.4) is 0 Å². The first kappa shape index (κ1) is 17.4. The predicted molar refractivity (Wildman–Crippen MR) is 83.1 cm³/mol. The monoisotopic (exact) mass is 364 g/mol. The molecule has 0 unspecified atom stereocenters. The molecular formula is C14H19BrClFN2O. The van der Waals surface area contributed by atoms with Crippen LogP contribution in [0.5, 0.6) is 0 Å². The van der Waals surface area contributed by atoms with Gasteiger partial charge in [-0.3, -0.25) is 4.79 Å². The number of carbonyl (C=O) groups is 1. The van der Waals surface area contributed by atoms with Crippen molar-refractivity contribution in [1.82, 2.24) is 5.32 Å². The Morgan fingerprint density at radius 3 is 2.90 bits per heavy atom. The first-order chi connectivity index (χ1) is 9.11. The zero-order valence-electron chi connectivity index (χ0n) is 11.1. The quantitative estimate of drug-likeness (QED) is 0.862. The van der Waals surface area contributed by atoms with Gasteiger partial charge in [-0.1, -0.05) is 22.4 Å². The summed E-state index contributed by atoms with van der Waals surface area (Å²) in [5, 5.41) is 2.88. The fraction of sp³-hybridized carbons (Fsp3) is 0.500. The van der Waals surface area contributed by atoms with Crippen molar-refractivity contribution in [3.63, 3.8) is 0 Å². The second-order valence-electron chi connectivity index (χ2n) is 4.99. The number of hydrogen-bond acceptors (Lipinski definition) is 2. The Morgan fingerprint density at radius 2 is 2.20 bits per heavy atom. The molecule has 1 aliphatic carbocycles. The van der Waals surface area contributed by atoms with Crippen molar-refractivity contribution in [1.29, 1.82) is 0 Å². The van der Waals surface area contributed by atoms with Gasteiger partial charge in [0.15, 0.2) is 0 Å². The Bertz CT molecular complexity index is 472. The summed E-state index contributed by atoms with van der Waals surface area (Å²) in [5.74, 6) is 0.0329. The minimum Gasteiger partial charge on any atom is -0.352 e. The number of hydrogen-bond donors (Lipinski definition) is 2. The highest BCUT2D eigenvalue weighted by Gasteiger charge is 2.31. The van der Waals surface area contributed by atoms with Crippen LogP contribution in [0.15, 0.2) is 22.7 Å². The van der Waals surface area contributed by atoms with Gasteiger partial charge < -0.3 is 11.1 Å². The average Bonchev–Trinajstić information content (AvgIpc) is 2.88. The van der Waals surface area contributed by atoms with Gasteiger partial charge in [0.1, 0.15) is 5.82 Å². The molecule has 0 bridgehead atoms. The molecule has 3 N–H and O–H groups in total. The molecular weight excluding hydrogens is 347 g/mol. The van der Waals surface area contributed by atoms with Crippen molar-refractivity contribution in [2.75, 3.05) is 6.54 Å². The second-order valence-corrected chi connectivity index (χ2v) is 5.84. The lowest BCUT2D eigenvalue weighted by Crippen LogP contribution is -2.34. The number of carbonyl (C=O) groups excluding carboxylic acids is 1. The van der Waals surface area contributed by atoms with E-state index in [2.05, 4.69) is 21.2 Å². The van der Waals surface area contributed by atoms with Crippen molar-refractivity contribution < 1.29 is 9.18 Å². The molecule has 0 spiro atoms. The summed E-state index contributed by atoms with van der Waals surface area (Å²) in [6.45, 7) is 0.896. The van der Waals surface area contributed by atoms with Crippen molar-refractivity contribution >= 4 is 34.2 Å². The van der Waals surface area contributed by atoms with Crippen LogP contribution >= 0.6 is 28.3 Å². The van der Waals surface area contributed by atoms with Crippen LogP contribution in [0, 0.1) is 17.7 Å². The Hall–Kier alpha value is -0.650. The van der Waals surface area contributed by atoms with Crippen LogP contribution < -0.4 is 11.1 Å². The zero-order valence-corrected chi connectivity index (χ0v) is 13.5. The van der Waals surface area contributed by atoms with Gasteiger partial charge in [-0.05, 0) is 49.1 Å². The van der Waals surface area contributed by atoms with Gasteiger partial charge in [-0.25, -0.2) is 4.39 Å². The van der Waals surface area contributed by atoms with Gasteiger partial charge >= 0.3 is 0 Å². The Labute approximate surface area is 133 Å². The first-order valence-corrected chi connectivity index (χ1v) is 7.33. The summed E-state index contributed by atoms with van der Waals surface area (Å²) >= 11 is 3.35. The molecule has 0 aromatic heterocycles. The zero-order chi connectivity index (χ0) is 13.8. The van der Waals surface area contributed by atoms with E-state index < -0.39 is 0 Å². The van der Waals surface area contributed by atoms with E-state index in [0.717, 1.165) is 29.3 Å². The molecule has 1 aromatic carbocycles. The third-order valence-corrected chi connectivity index (χ3v) is 4.53. The maximum Gasteiger partial charge on any atom is 0.223 e. The first-order valence-electron chi connectivity index (χ1n) is 6.53. The predicted octanol–water partition coefficient (Wildman–Crippen LogP) is 3.00. The summed E-state index contributed by atoms with van der Waals surface area (Å²) in [5.41, 5.74) is 6.42. The van der Waals surface area contributed by atoms with E-state index in [-0.39, 0.29) is 36.0 Å².